The average Bonchev–Trinajstić information content (AvgIpc) is 2.66. The number of hydrogen-bond acceptors (Lipinski definition) is 6. The first-order chi connectivity index (χ1) is 13.9. The molecular weight excluding hydrogens is 428 g/mol. The fourth-order valence-corrected chi connectivity index (χ4v) is 4.89. The SMILES string of the molecule is COCCOc1ccc(S(=O)(=O)Nc2cc(S(=O)(=O)N(C)C)cc(C)c2C)cc1C. The predicted octanol–water partition coefficient (Wildman–Crippen LogP) is 2.69. The Morgan fingerprint density at radius 2 is 1.53 bits per heavy atom. The summed E-state index contributed by atoms with van der Waals surface area (Å²) >= 11 is 0. The number of nitrogens with one attached hydrogen (secondary N) is 1. The second kappa shape index (κ2) is 9.34. The van der Waals surface area contributed by atoms with E-state index in [1.807, 2.05) is 0 Å². The van der Waals surface area contributed by atoms with Crippen molar-refractivity contribution in [2.75, 3.05) is 39.1 Å². The van der Waals surface area contributed by atoms with Gasteiger partial charge in [0, 0.05) is 21.2 Å². The van der Waals surface area contributed by atoms with Gasteiger partial charge in [-0.1, -0.05) is 0 Å². The molecule has 0 aliphatic carbocycles. The molecule has 0 unspecified atom stereocenters. The summed E-state index contributed by atoms with van der Waals surface area (Å²) in [6.45, 7) is 6.00. The van der Waals surface area contributed by atoms with Crippen LogP contribution in [0, 0.1) is 20.8 Å². The summed E-state index contributed by atoms with van der Waals surface area (Å²) in [6.07, 6.45) is 0. The highest BCUT2D eigenvalue weighted by atomic mass is 32.2. The van der Waals surface area contributed by atoms with Crippen LogP contribution in [-0.4, -0.2) is 55.6 Å². The van der Waals surface area contributed by atoms with Crippen molar-refractivity contribution >= 4 is 25.7 Å². The Hall–Kier alpha value is -2.14. The van der Waals surface area contributed by atoms with Gasteiger partial charge in [-0.25, -0.2) is 21.1 Å². The van der Waals surface area contributed by atoms with Crippen molar-refractivity contribution in [1.29, 1.82) is 0 Å². The smallest absolute Gasteiger partial charge is 0.261 e. The number of aryl methyl sites for hydroxylation is 2. The molecule has 0 radical (unpaired) electrons. The molecule has 0 atom stereocenters. The lowest BCUT2D eigenvalue weighted by Crippen LogP contribution is -2.23. The molecule has 0 aliphatic rings. The first-order valence-corrected chi connectivity index (χ1v) is 12.1. The standard InChI is InChI=1S/C20H28N2O6S2/c1-14-11-18(30(25,26)22(4)5)13-19(16(14)3)21-29(23,24)17-7-8-20(15(2)12-17)28-10-9-27-6/h7-8,11-13,21H,9-10H2,1-6H3. The summed E-state index contributed by atoms with van der Waals surface area (Å²) < 4.78 is 65.0. The van der Waals surface area contributed by atoms with E-state index in [9.17, 15) is 16.8 Å². The Labute approximate surface area is 178 Å². The van der Waals surface area contributed by atoms with Crippen LogP contribution in [-0.2, 0) is 24.8 Å². The number of benzene rings is 2. The quantitative estimate of drug-likeness (QED) is 0.582. The number of anilines is 1. The molecule has 0 spiro atoms. The van der Waals surface area contributed by atoms with Gasteiger partial charge in [-0.05, 0) is 67.8 Å². The van der Waals surface area contributed by atoms with Crippen LogP contribution in [0.4, 0.5) is 5.69 Å². The van der Waals surface area contributed by atoms with Crippen molar-refractivity contribution < 1.29 is 26.3 Å². The maximum Gasteiger partial charge on any atom is 0.261 e. The van der Waals surface area contributed by atoms with Crippen LogP contribution >= 0.6 is 0 Å². The molecule has 2 aromatic carbocycles. The zero-order chi connectivity index (χ0) is 22.7. The molecule has 0 aliphatic heterocycles. The van der Waals surface area contributed by atoms with Gasteiger partial charge >= 0.3 is 0 Å². The largest absolute Gasteiger partial charge is 0.491 e. The monoisotopic (exact) mass is 456 g/mol. The van der Waals surface area contributed by atoms with E-state index < -0.39 is 20.0 Å². The zero-order valence-electron chi connectivity index (χ0n) is 18.0. The molecule has 30 heavy (non-hydrogen) atoms. The number of ether oxygens (including phenoxy) is 2. The van der Waals surface area contributed by atoms with E-state index in [4.69, 9.17) is 9.47 Å². The second-order valence-corrected chi connectivity index (χ2v) is 10.9. The minimum atomic E-state index is -3.94. The molecule has 0 bridgehead atoms. The molecule has 1 N–H and O–H groups in total. The molecule has 2 aromatic rings. The molecule has 0 amide bonds. The molecule has 0 aromatic heterocycles. The molecule has 0 fully saturated rings. The highest BCUT2D eigenvalue weighted by Gasteiger charge is 2.22. The third kappa shape index (κ3) is 5.31. The lowest BCUT2D eigenvalue weighted by atomic mass is 10.1. The Morgan fingerprint density at radius 3 is 2.10 bits per heavy atom. The predicted molar refractivity (Wildman–Crippen MR) is 116 cm³/mol. The summed E-state index contributed by atoms with van der Waals surface area (Å²) in [6, 6.07) is 7.40. The summed E-state index contributed by atoms with van der Waals surface area (Å²) in [5.74, 6) is 0.567. The summed E-state index contributed by atoms with van der Waals surface area (Å²) in [4.78, 5) is 0.0726. The fraction of sp³-hybridized carbons (Fsp3) is 0.400. The van der Waals surface area contributed by atoms with Crippen LogP contribution in [0.25, 0.3) is 0 Å². The average molecular weight is 457 g/mol. The van der Waals surface area contributed by atoms with Crippen molar-refractivity contribution in [1.82, 2.24) is 4.31 Å². The number of sulfonamides is 2. The molecule has 0 heterocycles. The Balaban J connectivity index is 2.40. The maximum absolute atomic E-state index is 13.0. The number of nitrogens with zero attached hydrogens (tertiary/aromatic N) is 1. The minimum absolute atomic E-state index is 0.0198. The number of methoxy groups -OCH3 is 1. The zero-order valence-corrected chi connectivity index (χ0v) is 19.6. The third-order valence-electron chi connectivity index (χ3n) is 4.67. The Morgan fingerprint density at radius 1 is 0.900 bits per heavy atom. The number of rotatable bonds is 9. The van der Waals surface area contributed by atoms with Crippen molar-refractivity contribution in [3.8, 4) is 5.75 Å². The molecule has 166 valence electrons. The first-order valence-electron chi connectivity index (χ1n) is 9.19. The third-order valence-corrected chi connectivity index (χ3v) is 7.82. The Bertz CT molecular complexity index is 1130. The van der Waals surface area contributed by atoms with Gasteiger partial charge in [0.2, 0.25) is 10.0 Å². The lowest BCUT2D eigenvalue weighted by Gasteiger charge is -2.17. The van der Waals surface area contributed by atoms with Crippen LogP contribution in [0.15, 0.2) is 40.1 Å². The van der Waals surface area contributed by atoms with Gasteiger partial charge in [0.25, 0.3) is 10.0 Å². The maximum atomic E-state index is 13.0. The molecule has 10 heteroatoms. The normalized spacial score (nSPS) is 12.2. The van der Waals surface area contributed by atoms with Crippen molar-refractivity contribution in [3.63, 3.8) is 0 Å². The van der Waals surface area contributed by atoms with Gasteiger partial charge in [0.1, 0.15) is 12.4 Å². The van der Waals surface area contributed by atoms with Crippen molar-refractivity contribution in [2.24, 2.45) is 0 Å². The Kier molecular flexibility index (Phi) is 7.51. The highest BCUT2D eigenvalue weighted by Crippen LogP contribution is 2.29. The van der Waals surface area contributed by atoms with E-state index in [1.54, 1.807) is 33.9 Å². The van der Waals surface area contributed by atoms with E-state index in [0.29, 0.717) is 35.7 Å². The molecule has 0 saturated carbocycles. The molecule has 0 saturated heterocycles. The van der Waals surface area contributed by atoms with Gasteiger partial charge < -0.3 is 9.47 Å². The van der Waals surface area contributed by atoms with Crippen LogP contribution in [0.1, 0.15) is 16.7 Å². The van der Waals surface area contributed by atoms with E-state index in [0.717, 1.165) is 4.31 Å². The van der Waals surface area contributed by atoms with E-state index in [1.165, 1.54) is 38.4 Å². The summed E-state index contributed by atoms with van der Waals surface area (Å²) in [5, 5.41) is 0. The van der Waals surface area contributed by atoms with Gasteiger partial charge in [0.05, 0.1) is 22.1 Å². The van der Waals surface area contributed by atoms with Crippen LogP contribution in [0.5, 0.6) is 5.75 Å². The molecule has 2 rings (SSSR count). The van der Waals surface area contributed by atoms with Crippen molar-refractivity contribution in [3.05, 3.63) is 47.0 Å². The number of hydrogen-bond donors (Lipinski definition) is 1. The van der Waals surface area contributed by atoms with E-state index in [-0.39, 0.29) is 15.5 Å². The lowest BCUT2D eigenvalue weighted by molar-refractivity contribution is 0.146. The van der Waals surface area contributed by atoms with Crippen LogP contribution in [0.2, 0.25) is 0 Å². The van der Waals surface area contributed by atoms with Gasteiger partial charge in [-0.2, -0.15) is 0 Å². The van der Waals surface area contributed by atoms with Crippen LogP contribution in [0.3, 0.4) is 0 Å². The molecular formula is C20H28N2O6S2. The second-order valence-electron chi connectivity index (χ2n) is 7.07. The summed E-state index contributed by atoms with van der Waals surface area (Å²) in [7, 11) is -3.23. The van der Waals surface area contributed by atoms with Gasteiger partial charge in [0.15, 0.2) is 0 Å². The van der Waals surface area contributed by atoms with Crippen LogP contribution < -0.4 is 9.46 Å². The minimum Gasteiger partial charge on any atom is -0.491 e. The summed E-state index contributed by atoms with van der Waals surface area (Å²) in [5.41, 5.74) is 2.18. The van der Waals surface area contributed by atoms with E-state index >= 15 is 0 Å². The molecule has 8 nitrogen and oxygen atoms in total. The van der Waals surface area contributed by atoms with Crippen molar-refractivity contribution in [2.45, 2.75) is 30.6 Å². The first kappa shape index (κ1) is 24.1. The van der Waals surface area contributed by atoms with Gasteiger partial charge in [-0.15, -0.1) is 0 Å². The van der Waals surface area contributed by atoms with Gasteiger partial charge in [-0.3, -0.25) is 4.72 Å². The fourth-order valence-electron chi connectivity index (χ4n) is 2.68. The topological polar surface area (TPSA) is 102 Å². The highest BCUT2D eigenvalue weighted by molar-refractivity contribution is 7.92. The van der Waals surface area contributed by atoms with E-state index in [2.05, 4.69) is 4.72 Å².